The van der Waals surface area contributed by atoms with Gasteiger partial charge in [0.15, 0.2) is 0 Å². The molecule has 0 spiro atoms. The lowest BCUT2D eigenvalue weighted by atomic mass is 9.37. The first-order chi connectivity index (χ1) is 16.6. The average molecular weight is 507 g/mol. The smallest absolute Gasteiger partial charge is 0.0792 e. The molecule has 0 aromatic rings. The van der Waals surface area contributed by atoms with Crippen LogP contribution in [0, 0.1) is 58.7 Å². The van der Waals surface area contributed by atoms with E-state index >= 15 is 0 Å². The lowest BCUT2D eigenvalue weighted by molar-refractivity contribution is -0.352. The second kappa shape index (κ2) is 10.8. The number of hydrogen-bond acceptors (Lipinski definition) is 3. The summed E-state index contributed by atoms with van der Waals surface area (Å²) in [5.41, 5.74) is -4.29. The maximum atomic E-state index is 13.5. The Labute approximate surface area is 224 Å². The van der Waals surface area contributed by atoms with Gasteiger partial charge in [0.2, 0.25) is 0 Å². The Morgan fingerprint density at radius 2 is 0.806 bits per heavy atom. The number of hydrogen-bond donors (Lipinski definition) is 3. The first-order valence-corrected chi connectivity index (χ1v) is 15.8. The minimum atomic E-state index is -1.11. The molecule has 36 heavy (non-hydrogen) atoms. The van der Waals surface area contributed by atoms with Crippen molar-refractivity contribution in [1.29, 1.82) is 0 Å². The zero-order valence-corrected chi connectivity index (χ0v) is 25.6. The number of rotatable bonds is 7. The highest BCUT2D eigenvalue weighted by Crippen LogP contribution is 2.69. The van der Waals surface area contributed by atoms with Gasteiger partial charge in [-0.2, -0.15) is 0 Å². The summed E-state index contributed by atoms with van der Waals surface area (Å²) >= 11 is 0. The maximum absolute atomic E-state index is 13.5. The van der Waals surface area contributed by atoms with Gasteiger partial charge in [0, 0.05) is 0 Å². The molecule has 9 unspecified atom stereocenters. The van der Waals surface area contributed by atoms with Gasteiger partial charge in [0.05, 0.1) is 22.2 Å². The first-order valence-electron chi connectivity index (χ1n) is 15.8. The predicted octanol–water partition coefficient (Wildman–Crippen LogP) is 7.85. The molecule has 3 saturated carbocycles. The molecule has 3 N–H and O–H groups in total. The van der Waals surface area contributed by atoms with Crippen LogP contribution in [0.1, 0.15) is 133 Å². The van der Waals surface area contributed by atoms with Crippen molar-refractivity contribution in [2.24, 2.45) is 58.7 Å². The summed E-state index contributed by atoms with van der Waals surface area (Å²) in [4.78, 5) is 0. The molecule has 212 valence electrons. The molecule has 0 saturated heterocycles. The molecule has 3 rings (SSSR count). The second-order valence-electron chi connectivity index (χ2n) is 15.2. The van der Waals surface area contributed by atoms with E-state index in [9.17, 15) is 15.3 Å². The quantitative estimate of drug-likeness (QED) is 0.329. The van der Waals surface area contributed by atoms with Crippen LogP contribution in [0.3, 0.4) is 0 Å². The predicted molar refractivity (Wildman–Crippen MR) is 152 cm³/mol. The molecule has 0 heterocycles. The van der Waals surface area contributed by atoms with Crippen molar-refractivity contribution in [2.75, 3.05) is 0 Å². The monoisotopic (exact) mass is 506 g/mol. The van der Waals surface area contributed by atoms with Crippen LogP contribution in [-0.4, -0.2) is 32.1 Å². The molecule has 3 nitrogen and oxygen atoms in total. The van der Waals surface area contributed by atoms with Gasteiger partial charge in [0.25, 0.3) is 0 Å². The van der Waals surface area contributed by atoms with Crippen LogP contribution in [0.2, 0.25) is 0 Å². The fraction of sp³-hybridized carbons (Fsp3) is 1.00. The van der Waals surface area contributed by atoms with E-state index in [0.717, 1.165) is 38.5 Å². The summed E-state index contributed by atoms with van der Waals surface area (Å²) in [5, 5.41) is 40.4. The SMILES string of the molecule is CCC(C1(O)CC(C)CCC1C(C)C)(C1(O)CC(C)CCC1C(C)C)C1(O)CC(C)CCC1C(C)C. The van der Waals surface area contributed by atoms with E-state index in [0.29, 0.717) is 61.2 Å². The van der Waals surface area contributed by atoms with E-state index in [1.165, 1.54) is 0 Å². The average Bonchev–Trinajstić information content (AvgIpc) is 2.72. The van der Waals surface area contributed by atoms with Crippen molar-refractivity contribution in [3.05, 3.63) is 0 Å². The van der Waals surface area contributed by atoms with Gasteiger partial charge >= 0.3 is 0 Å². The molecule has 0 aliphatic heterocycles. The fourth-order valence-electron chi connectivity index (χ4n) is 10.6. The van der Waals surface area contributed by atoms with Crippen LogP contribution in [0.25, 0.3) is 0 Å². The van der Waals surface area contributed by atoms with Gasteiger partial charge in [-0.1, -0.05) is 88.5 Å². The van der Waals surface area contributed by atoms with Gasteiger partial charge in [-0.25, -0.2) is 0 Å². The van der Waals surface area contributed by atoms with E-state index in [4.69, 9.17) is 0 Å². The van der Waals surface area contributed by atoms with Crippen molar-refractivity contribution >= 4 is 0 Å². The van der Waals surface area contributed by atoms with Gasteiger partial charge in [-0.15, -0.1) is 0 Å². The first kappa shape index (κ1) is 30.4. The Morgan fingerprint density at radius 3 is 1.00 bits per heavy atom. The molecule has 3 aliphatic rings. The molecule has 3 heteroatoms. The van der Waals surface area contributed by atoms with E-state index in [-0.39, 0.29) is 17.8 Å². The van der Waals surface area contributed by atoms with Crippen molar-refractivity contribution in [3.63, 3.8) is 0 Å². The molecular formula is C33H62O3. The second-order valence-corrected chi connectivity index (χ2v) is 15.2. The standard InChI is InChI=1S/C33H62O3/c1-11-33(30(34)18-24(8)12-15-27(30)21(2)3,31(35)19-25(9)13-16-28(31)22(4)5)32(36)20-26(10)14-17-29(32)23(6)7/h21-29,34-36H,11-20H2,1-10H3. The Bertz CT molecular complexity index is 637. The van der Waals surface area contributed by atoms with Gasteiger partial charge in [-0.05, 0) is 98.2 Å². The Hall–Kier alpha value is -0.120. The Kier molecular flexibility index (Phi) is 9.13. The lowest BCUT2D eigenvalue weighted by Crippen LogP contribution is -2.80. The van der Waals surface area contributed by atoms with Crippen molar-refractivity contribution in [2.45, 2.75) is 150 Å². The van der Waals surface area contributed by atoms with Gasteiger partial charge in [0.1, 0.15) is 0 Å². The molecule has 0 radical (unpaired) electrons. The topological polar surface area (TPSA) is 60.7 Å². The number of aliphatic hydroxyl groups is 3. The van der Waals surface area contributed by atoms with Crippen LogP contribution < -0.4 is 0 Å². The Morgan fingerprint density at radius 1 is 0.556 bits per heavy atom. The Balaban J connectivity index is 2.44. The molecular weight excluding hydrogens is 444 g/mol. The van der Waals surface area contributed by atoms with Crippen molar-refractivity contribution in [1.82, 2.24) is 0 Å². The highest BCUT2D eigenvalue weighted by Gasteiger charge is 2.76. The van der Waals surface area contributed by atoms with Crippen molar-refractivity contribution in [3.8, 4) is 0 Å². The van der Waals surface area contributed by atoms with Crippen LogP contribution in [0.4, 0.5) is 0 Å². The van der Waals surface area contributed by atoms with Crippen LogP contribution in [-0.2, 0) is 0 Å². The molecule has 0 aromatic carbocycles. The van der Waals surface area contributed by atoms with Crippen LogP contribution >= 0.6 is 0 Å². The van der Waals surface area contributed by atoms with Crippen LogP contribution in [0.5, 0.6) is 0 Å². The summed E-state index contributed by atoms with van der Waals surface area (Å²) in [7, 11) is 0. The highest BCUT2D eigenvalue weighted by molar-refractivity contribution is 5.25. The lowest BCUT2D eigenvalue weighted by Gasteiger charge is -2.72. The van der Waals surface area contributed by atoms with Gasteiger partial charge in [-0.3, -0.25) is 0 Å². The summed E-state index contributed by atoms with van der Waals surface area (Å²) in [6.07, 6.45) is 8.99. The third kappa shape index (κ3) is 4.53. The molecule has 3 aliphatic carbocycles. The third-order valence-corrected chi connectivity index (χ3v) is 11.9. The molecule has 0 amide bonds. The van der Waals surface area contributed by atoms with E-state index in [2.05, 4.69) is 69.2 Å². The summed E-state index contributed by atoms with van der Waals surface area (Å²) in [6.45, 7) is 22.6. The van der Waals surface area contributed by atoms with E-state index in [1.54, 1.807) is 0 Å². The van der Waals surface area contributed by atoms with Gasteiger partial charge < -0.3 is 15.3 Å². The maximum Gasteiger partial charge on any atom is 0.0792 e. The summed E-state index contributed by atoms with van der Waals surface area (Å²) in [6, 6.07) is 0. The zero-order chi connectivity index (χ0) is 27.3. The fourth-order valence-corrected chi connectivity index (χ4v) is 10.6. The van der Waals surface area contributed by atoms with E-state index < -0.39 is 22.2 Å². The molecule has 0 bridgehead atoms. The summed E-state index contributed by atoms with van der Waals surface area (Å²) < 4.78 is 0. The van der Waals surface area contributed by atoms with E-state index in [1.807, 2.05) is 0 Å². The largest absolute Gasteiger partial charge is 0.389 e. The normalized spacial score (nSPS) is 46.3. The molecule has 9 atom stereocenters. The highest BCUT2D eigenvalue weighted by atomic mass is 16.3. The summed E-state index contributed by atoms with van der Waals surface area (Å²) in [5.74, 6) is 2.32. The third-order valence-electron chi connectivity index (χ3n) is 11.9. The molecule has 0 aromatic heterocycles. The zero-order valence-electron chi connectivity index (χ0n) is 25.6. The minimum absolute atomic E-state index is 0.0804. The van der Waals surface area contributed by atoms with Crippen molar-refractivity contribution < 1.29 is 15.3 Å². The minimum Gasteiger partial charge on any atom is -0.389 e. The molecule has 3 fully saturated rings. The van der Waals surface area contributed by atoms with Crippen LogP contribution in [0.15, 0.2) is 0 Å².